The number of hydrogen-bond acceptors (Lipinski definition) is 10. The van der Waals surface area contributed by atoms with Crippen molar-refractivity contribution < 1.29 is 36.0 Å². The number of nitrogens with zero attached hydrogens (tertiary/aromatic N) is 7. The summed E-state index contributed by atoms with van der Waals surface area (Å²) in [6.45, 7) is 13.1. The summed E-state index contributed by atoms with van der Waals surface area (Å²) in [6, 6.07) is 17.1. The number of alkyl halides is 1. The minimum atomic E-state index is -4.35. The smallest absolute Gasteiger partial charge is 0.301 e. The van der Waals surface area contributed by atoms with Gasteiger partial charge in [-0.05, 0) is 78.9 Å². The number of pyridine rings is 1. The second-order valence-corrected chi connectivity index (χ2v) is 19.6. The normalized spacial score (nSPS) is 21.1. The van der Waals surface area contributed by atoms with Crippen LogP contribution in [0.25, 0.3) is 22.2 Å². The van der Waals surface area contributed by atoms with Crippen molar-refractivity contribution in [3.8, 4) is 11.1 Å². The molecule has 2 amide bonds. The number of carbonyl (C=O) groups excluding carboxylic acids is 3. The van der Waals surface area contributed by atoms with E-state index in [9.17, 15) is 27.2 Å². The van der Waals surface area contributed by atoms with Gasteiger partial charge in [-0.2, -0.15) is 12.7 Å². The quantitative estimate of drug-likeness (QED) is 0.143. The number of rotatable bonds is 12. The predicted molar refractivity (Wildman–Crippen MR) is 249 cm³/mol. The van der Waals surface area contributed by atoms with Crippen LogP contribution < -0.4 is 19.8 Å². The summed E-state index contributed by atoms with van der Waals surface area (Å²) < 4.78 is 73.1. The van der Waals surface area contributed by atoms with E-state index in [-0.39, 0.29) is 36.9 Å². The molecule has 350 valence electrons. The molecule has 15 nitrogen and oxygen atoms in total. The van der Waals surface area contributed by atoms with Gasteiger partial charge in [0.2, 0.25) is 11.7 Å². The van der Waals surface area contributed by atoms with Crippen molar-refractivity contribution in [3.63, 3.8) is 0 Å². The van der Waals surface area contributed by atoms with Gasteiger partial charge in [-0.3, -0.25) is 28.9 Å². The first-order valence-corrected chi connectivity index (χ1v) is 24.1. The highest BCUT2D eigenvalue weighted by Gasteiger charge is 2.39. The maximum atomic E-state index is 15.8. The van der Waals surface area contributed by atoms with E-state index in [1.165, 1.54) is 6.20 Å². The lowest BCUT2D eigenvalue weighted by atomic mass is 9.99. The van der Waals surface area contributed by atoms with Gasteiger partial charge in [-0.15, -0.1) is 0 Å². The molecule has 5 aliphatic rings. The Morgan fingerprint density at radius 1 is 0.836 bits per heavy atom. The molecule has 7 heterocycles. The molecule has 2 aromatic heterocycles. The Kier molecular flexibility index (Phi) is 12.0. The molecule has 4 fully saturated rings. The zero-order chi connectivity index (χ0) is 46.6. The minimum absolute atomic E-state index is 0.00631. The Morgan fingerprint density at radius 2 is 1.52 bits per heavy atom. The molecule has 0 radical (unpaired) electrons. The lowest BCUT2D eigenvalue weighted by Crippen LogP contribution is -2.51. The van der Waals surface area contributed by atoms with Gasteiger partial charge in [0.25, 0.3) is 5.91 Å². The standard InChI is InChI=1S/C48H51F3N10O5S/c1-30-2-11-42(47(63)54-30)61-28-33-24-36(7-8-37(33)48(61)64)59-22-18-57(19-23-59)15-14-56-16-20-58(21-17-56)35-5-3-31(4-6-35)32-25-38-39(27-53-46(38)52-26-32)45(62)43-40(50)9-10-41(44(43)51)55-67(65,66)60-13-12-34(49)29-60/h3-10,24-27,34,42,55H,1-2,11-23,28-29H2,(H,52,53)(H,54,63)/t34-,42?/m1/s1. The average Bonchev–Trinajstić information content (AvgIpc) is 4.06. The highest BCUT2D eigenvalue weighted by molar-refractivity contribution is 7.90. The molecule has 0 bridgehead atoms. The van der Waals surface area contributed by atoms with E-state index < -0.39 is 51.1 Å². The number of amides is 2. The number of aromatic amines is 1. The Hall–Kier alpha value is -6.28. The maximum absolute atomic E-state index is 15.8. The van der Waals surface area contributed by atoms with Gasteiger partial charge in [0, 0.05) is 137 Å². The first-order valence-electron chi connectivity index (χ1n) is 22.7. The lowest BCUT2D eigenvalue weighted by Gasteiger charge is -2.39. The summed E-state index contributed by atoms with van der Waals surface area (Å²) in [5.41, 5.74) is 4.80. The van der Waals surface area contributed by atoms with Gasteiger partial charge in [0.05, 0.1) is 11.3 Å². The summed E-state index contributed by atoms with van der Waals surface area (Å²) in [4.78, 5) is 58.4. The van der Waals surface area contributed by atoms with Crippen molar-refractivity contribution in [3.05, 3.63) is 119 Å². The molecule has 4 saturated heterocycles. The lowest BCUT2D eigenvalue weighted by molar-refractivity contribution is -0.126. The molecular weight excluding hydrogens is 886 g/mol. The number of aromatic nitrogens is 2. The van der Waals surface area contributed by atoms with Crippen LogP contribution >= 0.6 is 0 Å². The number of piperidine rings is 1. The van der Waals surface area contributed by atoms with Crippen molar-refractivity contribution in [2.24, 2.45) is 0 Å². The van der Waals surface area contributed by atoms with E-state index in [1.807, 2.05) is 41.1 Å². The number of allylic oxidation sites excluding steroid dienone is 1. The van der Waals surface area contributed by atoms with Crippen LogP contribution in [0.5, 0.6) is 0 Å². The van der Waals surface area contributed by atoms with Crippen molar-refractivity contribution in [1.29, 1.82) is 0 Å². The first-order chi connectivity index (χ1) is 32.3. The number of ketones is 1. The molecule has 0 saturated carbocycles. The Labute approximate surface area is 386 Å². The number of benzene rings is 3. The number of nitrogens with one attached hydrogen (secondary N) is 3. The zero-order valence-corrected chi connectivity index (χ0v) is 37.6. The highest BCUT2D eigenvalue weighted by atomic mass is 32.2. The summed E-state index contributed by atoms with van der Waals surface area (Å²) in [7, 11) is -4.35. The van der Waals surface area contributed by atoms with Crippen LogP contribution in [0.2, 0.25) is 0 Å². The van der Waals surface area contributed by atoms with Gasteiger partial charge in [0.15, 0.2) is 5.82 Å². The van der Waals surface area contributed by atoms with Crippen LogP contribution in [0.15, 0.2) is 85.3 Å². The van der Waals surface area contributed by atoms with E-state index in [2.05, 4.69) is 47.5 Å². The largest absolute Gasteiger partial charge is 0.369 e. The molecule has 0 aliphatic carbocycles. The summed E-state index contributed by atoms with van der Waals surface area (Å²) >= 11 is 0. The van der Waals surface area contributed by atoms with Crippen molar-refractivity contribution in [2.75, 3.05) is 93.1 Å². The fourth-order valence-corrected chi connectivity index (χ4v) is 11.1. The molecule has 0 spiro atoms. The molecule has 2 atom stereocenters. The van der Waals surface area contributed by atoms with Crippen LogP contribution in [-0.4, -0.2) is 146 Å². The van der Waals surface area contributed by atoms with Crippen molar-refractivity contribution in [1.82, 2.24) is 34.3 Å². The first kappa shape index (κ1) is 44.6. The number of anilines is 3. The topological polar surface area (TPSA) is 158 Å². The maximum Gasteiger partial charge on any atom is 0.301 e. The molecule has 5 aromatic rings. The second-order valence-electron chi connectivity index (χ2n) is 17.9. The second kappa shape index (κ2) is 18.1. The molecular formula is C48H51F3N10O5S. The van der Waals surface area contributed by atoms with Crippen molar-refractivity contribution in [2.45, 2.75) is 38.0 Å². The van der Waals surface area contributed by atoms with E-state index in [4.69, 9.17) is 0 Å². The average molecular weight is 937 g/mol. The van der Waals surface area contributed by atoms with Gasteiger partial charge >= 0.3 is 10.2 Å². The fourth-order valence-electron chi connectivity index (χ4n) is 9.88. The molecule has 19 heteroatoms. The molecule has 1 unspecified atom stereocenters. The van der Waals surface area contributed by atoms with Crippen LogP contribution in [0, 0.1) is 11.6 Å². The predicted octanol–water partition coefficient (Wildman–Crippen LogP) is 5.13. The van der Waals surface area contributed by atoms with Crippen LogP contribution in [0.1, 0.15) is 51.1 Å². The summed E-state index contributed by atoms with van der Waals surface area (Å²) in [5, 5.41) is 3.14. The minimum Gasteiger partial charge on any atom is -0.369 e. The number of carbonyl (C=O) groups is 3. The number of piperazine rings is 2. The SMILES string of the molecule is C=C1CCC(N2Cc3cc(N4CCN(CCN5CCN(c6ccc(-c7cnc8[nH]cc(C(=O)c9c(F)ccc(NS(=O)(=O)N%10CC[C@@H](F)C%10)c9F)c8c7)cc6)CC5)CC4)ccc3C2=O)C(=O)N1. The molecule has 10 rings (SSSR count). The Bertz CT molecular complexity index is 2880. The van der Waals surface area contributed by atoms with Gasteiger partial charge in [0.1, 0.15) is 23.7 Å². The monoisotopic (exact) mass is 936 g/mol. The van der Waals surface area contributed by atoms with Gasteiger partial charge < -0.3 is 25.0 Å². The zero-order valence-electron chi connectivity index (χ0n) is 36.8. The molecule has 67 heavy (non-hydrogen) atoms. The summed E-state index contributed by atoms with van der Waals surface area (Å²) in [5.74, 6) is -3.78. The van der Waals surface area contributed by atoms with E-state index in [0.717, 1.165) is 104 Å². The van der Waals surface area contributed by atoms with E-state index in [0.29, 0.717) is 47.2 Å². The third-order valence-corrected chi connectivity index (χ3v) is 15.3. The Morgan fingerprint density at radius 3 is 2.19 bits per heavy atom. The number of hydrogen-bond donors (Lipinski definition) is 3. The third-order valence-electron chi connectivity index (χ3n) is 13.8. The highest BCUT2D eigenvalue weighted by Crippen LogP contribution is 2.34. The van der Waals surface area contributed by atoms with Crippen LogP contribution in [-0.2, 0) is 21.5 Å². The Balaban J connectivity index is 0.711. The van der Waals surface area contributed by atoms with E-state index >= 15 is 8.78 Å². The van der Waals surface area contributed by atoms with Crippen molar-refractivity contribution >= 4 is 55.9 Å². The van der Waals surface area contributed by atoms with Gasteiger partial charge in [-0.1, -0.05) is 18.7 Å². The van der Waals surface area contributed by atoms with Crippen LogP contribution in [0.3, 0.4) is 0 Å². The molecule has 3 aromatic carbocycles. The number of fused-ring (bicyclic) bond motifs is 2. The number of H-pyrrole nitrogens is 1. The van der Waals surface area contributed by atoms with Crippen LogP contribution in [0.4, 0.5) is 30.2 Å². The third kappa shape index (κ3) is 8.88. The summed E-state index contributed by atoms with van der Waals surface area (Å²) in [6.07, 6.45) is 2.90. The van der Waals surface area contributed by atoms with E-state index in [1.54, 1.807) is 17.2 Å². The molecule has 3 N–H and O–H groups in total. The number of halogens is 3. The fraction of sp³-hybridized carbons (Fsp3) is 0.375. The van der Waals surface area contributed by atoms with Gasteiger partial charge in [-0.25, -0.2) is 18.2 Å². The molecule has 5 aliphatic heterocycles.